The Balaban J connectivity index is 1.05. The Morgan fingerprint density at radius 1 is 1.08 bits per heavy atom. The summed E-state index contributed by atoms with van der Waals surface area (Å²) in [6.45, 7) is 6.77. The molecule has 0 aliphatic carbocycles. The van der Waals surface area contributed by atoms with Crippen LogP contribution in [0.2, 0.25) is 0 Å². The zero-order valence-electron chi connectivity index (χ0n) is 22.2. The number of aromatic amines is 1. The van der Waals surface area contributed by atoms with Gasteiger partial charge in [0.15, 0.2) is 5.16 Å². The number of anilines is 1. The first-order valence-corrected chi connectivity index (χ1v) is 14.5. The third kappa shape index (κ3) is 7.79. The molecule has 206 valence electrons. The molecule has 0 radical (unpaired) electrons. The first-order valence-electron chi connectivity index (χ1n) is 13.6. The number of thioether (sulfide) groups is 1. The molecule has 2 fully saturated rings. The molecule has 0 bridgehead atoms. The van der Waals surface area contributed by atoms with Crippen LogP contribution in [-0.4, -0.2) is 73.9 Å². The van der Waals surface area contributed by atoms with Gasteiger partial charge in [0.05, 0.1) is 11.9 Å². The number of likely N-dealkylation sites (tertiary alicyclic amines) is 2. The van der Waals surface area contributed by atoms with Crippen molar-refractivity contribution in [3.63, 3.8) is 0 Å². The number of H-pyrrole nitrogens is 1. The quantitative estimate of drug-likeness (QED) is 0.389. The Kier molecular flexibility index (Phi) is 9.10. The molecule has 5 rings (SSSR count). The molecule has 2 aromatic heterocycles. The highest BCUT2D eigenvalue weighted by Gasteiger charge is 2.25. The van der Waals surface area contributed by atoms with Crippen molar-refractivity contribution in [1.29, 1.82) is 0 Å². The number of carbonyl (C=O) groups is 2. The third-order valence-electron chi connectivity index (χ3n) is 7.27. The summed E-state index contributed by atoms with van der Waals surface area (Å²) in [5.41, 5.74) is 2.34. The molecule has 0 saturated carbocycles. The van der Waals surface area contributed by atoms with E-state index in [0.29, 0.717) is 30.3 Å². The van der Waals surface area contributed by atoms with Crippen molar-refractivity contribution in [2.75, 3.05) is 37.2 Å². The molecule has 1 atom stereocenters. The van der Waals surface area contributed by atoms with E-state index >= 15 is 0 Å². The normalized spacial score (nSPS) is 18.6. The van der Waals surface area contributed by atoms with Gasteiger partial charge < -0.3 is 15.0 Å². The average Bonchev–Trinajstić information content (AvgIpc) is 3.47. The number of carbonyl (C=O) groups excluding carboxylic acids is 2. The zero-order chi connectivity index (χ0) is 27.0. The Labute approximate surface area is 232 Å². The fourth-order valence-corrected chi connectivity index (χ4v) is 6.03. The lowest BCUT2D eigenvalue weighted by Gasteiger charge is -2.30. The molecule has 2 aliphatic heterocycles. The van der Waals surface area contributed by atoms with Crippen LogP contribution in [0.4, 0.5) is 10.5 Å². The lowest BCUT2D eigenvalue weighted by Crippen LogP contribution is -2.40. The van der Waals surface area contributed by atoms with Crippen molar-refractivity contribution in [3.8, 4) is 5.88 Å². The van der Waals surface area contributed by atoms with Crippen LogP contribution in [-0.2, 0) is 6.54 Å². The molecule has 1 unspecified atom stereocenters. The van der Waals surface area contributed by atoms with E-state index in [0.717, 1.165) is 49.3 Å². The monoisotopic (exact) mass is 549 g/mol. The Hall–Kier alpha value is -3.44. The van der Waals surface area contributed by atoms with Gasteiger partial charge in [0.1, 0.15) is 6.33 Å². The van der Waals surface area contributed by atoms with Crippen LogP contribution >= 0.6 is 11.8 Å². The zero-order valence-corrected chi connectivity index (χ0v) is 23.0. The first kappa shape index (κ1) is 27.1. The predicted molar refractivity (Wildman–Crippen MR) is 150 cm³/mol. The topological polar surface area (TPSA) is 116 Å². The highest BCUT2D eigenvalue weighted by Crippen LogP contribution is 2.25. The van der Waals surface area contributed by atoms with Gasteiger partial charge in [-0.05, 0) is 67.8 Å². The minimum absolute atomic E-state index is 0.205. The maximum Gasteiger partial charge on any atom is 0.416 e. The molecular weight excluding hydrogens is 514 g/mol. The van der Waals surface area contributed by atoms with Crippen LogP contribution in [0.5, 0.6) is 5.88 Å². The summed E-state index contributed by atoms with van der Waals surface area (Å²) in [5.74, 6) is 2.20. The van der Waals surface area contributed by atoms with E-state index in [1.54, 1.807) is 28.8 Å². The van der Waals surface area contributed by atoms with Gasteiger partial charge in [-0.1, -0.05) is 30.8 Å². The standard InChI is InChI=1S/C28H35N7O3S/c1-20-3-2-12-34(16-20)17-21-4-6-23(7-5-21)26(36)32-24-8-9-25(29-15-24)38-28(37)35-13-10-22(11-14-35)18-39-27-30-19-31-33-27/h4-9,15,19-20,22H,2-3,10-14,16-18H2,1H3,(H,32,36)(H,30,31,33). The van der Waals surface area contributed by atoms with Gasteiger partial charge in [-0.25, -0.2) is 14.8 Å². The number of piperidine rings is 2. The van der Waals surface area contributed by atoms with Gasteiger partial charge >= 0.3 is 6.09 Å². The molecule has 2 aliphatic rings. The number of ether oxygens (including phenoxy) is 1. The molecule has 0 spiro atoms. The van der Waals surface area contributed by atoms with Crippen molar-refractivity contribution in [2.45, 2.75) is 44.3 Å². The second kappa shape index (κ2) is 13.1. The van der Waals surface area contributed by atoms with Gasteiger partial charge in [0.2, 0.25) is 5.88 Å². The summed E-state index contributed by atoms with van der Waals surface area (Å²) in [6, 6.07) is 11.0. The summed E-state index contributed by atoms with van der Waals surface area (Å²) in [6.07, 6.45) is 6.97. The lowest BCUT2D eigenvalue weighted by atomic mass is 9.99. The number of amides is 2. The fraction of sp³-hybridized carbons (Fsp3) is 0.464. The van der Waals surface area contributed by atoms with Gasteiger partial charge in [0.25, 0.3) is 5.91 Å². The maximum atomic E-state index is 12.7. The number of pyridine rings is 1. The minimum atomic E-state index is -0.403. The van der Waals surface area contributed by atoms with E-state index in [2.05, 4.69) is 37.3 Å². The van der Waals surface area contributed by atoms with E-state index in [-0.39, 0.29) is 11.8 Å². The molecule has 3 aromatic rings. The van der Waals surface area contributed by atoms with E-state index in [9.17, 15) is 9.59 Å². The second-order valence-corrected chi connectivity index (χ2v) is 11.4. The number of hydrogen-bond donors (Lipinski definition) is 2. The fourth-order valence-electron chi connectivity index (χ4n) is 5.06. The van der Waals surface area contributed by atoms with E-state index in [1.165, 1.54) is 30.9 Å². The van der Waals surface area contributed by atoms with Crippen molar-refractivity contribution < 1.29 is 14.3 Å². The predicted octanol–water partition coefficient (Wildman–Crippen LogP) is 4.69. The molecule has 4 heterocycles. The number of aromatic nitrogens is 4. The van der Waals surface area contributed by atoms with Crippen LogP contribution in [0.25, 0.3) is 0 Å². The molecule has 2 saturated heterocycles. The van der Waals surface area contributed by atoms with Crippen molar-refractivity contribution in [1.82, 2.24) is 30.0 Å². The van der Waals surface area contributed by atoms with Crippen molar-refractivity contribution >= 4 is 29.4 Å². The number of nitrogens with one attached hydrogen (secondary N) is 2. The highest BCUT2D eigenvalue weighted by atomic mass is 32.2. The molecule has 2 amide bonds. The third-order valence-corrected chi connectivity index (χ3v) is 8.38. The minimum Gasteiger partial charge on any atom is -0.391 e. The van der Waals surface area contributed by atoms with E-state index < -0.39 is 6.09 Å². The van der Waals surface area contributed by atoms with Gasteiger partial charge in [-0.2, -0.15) is 5.10 Å². The number of benzene rings is 1. The lowest BCUT2D eigenvalue weighted by molar-refractivity contribution is 0.102. The maximum absolute atomic E-state index is 12.7. The highest BCUT2D eigenvalue weighted by molar-refractivity contribution is 7.99. The van der Waals surface area contributed by atoms with Gasteiger partial charge in [-0.3, -0.25) is 14.8 Å². The summed E-state index contributed by atoms with van der Waals surface area (Å²) in [7, 11) is 0. The average molecular weight is 550 g/mol. The number of nitrogens with zero attached hydrogens (tertiary/aromatic N) is 5. The van der Waals surface area contributed by atoms with Crippen LogP contribution in [0.1, 0.15) is 48.5 Å². The van der Waals surface area contributed by atoms with Crippen LogP contribution in [0.15, 0.2) is 54.1 Å². The summed E-state index contributed by atoms with van der Waals surface area (Å²) >= 11 is 1.65. The molecule has 2 N–H and O–H groups in total. The van der Waals surface area contributed by atoms with Gasteiger partial charge in [-0.15, -0.1) is 0 Å². The van der Waals surface area contributed by atoms with Crippen LogP contribution < -0.4 is 10.1 Å². The molecule has 1 aromatic carbocycles. The van der Waals surface area contributed by atoms with E-state index in [1.807, 2.05) is 24.3 Å². The number of rotatable bonds is 8. The molecular formula is C28H35N7O3S. The Morgan fingerprint density at radius 3 is 2.59 bits per heavy atom. The van der Waals surface area contributed by atoms with Crippen molar-refractivity contribution in [3.05, 3.63) is 60.0 Å². The molecule has 10 nitrogen and oxygen atoms in total. The smallest absolute Gasteiger partial charge is 0.391 e. The first-order chi connectivity index (χ1) is 19.0. The van der Waals surface area contributed by atoms with E-state index in [4.69, 9.17) is 4.74 Å². The Bertz CT molecular complexity index is 1210. The van der Waals surface area contributed by atoms with Crippen molar-refractivity contribution in [2.24, 2.45) is 11.8 Å². The second-order valence-electron chi connectivity index (χ2n) is 10.4. The van der Waals surface area contributed by atoms with Gasteiger partial charge in [0, 0.05) is 43.6 Å². The summed E-state index contributed by atoms with van der Waals surface area (Å²) in [4.78, 5) is 37.8. The summed E-state index contributed by atoms with van der Waals surface area (Å²) < 4.78 is 5.47. The van der Waals surface area contributed by atoms with Crippen LogP contribution in [0.3, 0.4) is 0 Å². The summed E-state index contributed by atoms with van der Waals surface area (Å²) in [5, 5.41) is 10.4. The SMILES string of the molecule is CC1CCCN(Cc2ccc(C(=O)Nc3ccc(OC(=O)N4CCC(CSc5ncn[nH]5)CC4)nc3)cc2)C1. The largest absolute Gasteiger partial charge is 0.416 e. The Morgan fingerprint density at radius 2 is 1.90 bits per heavy atom. The van der Waals surface area contributed by atoms with Crippen LogP contribution in [0, 0.1) is 11.8 Å². The number of hydrogen-bond acceptors (Lipinski definition) is 8. The molecule has 11 heteroatoms. The molecule has 39 heavy (non-hydrogen) atoms.